The zero-order valence-electron chi connectivity index (χ0n) is 30.8. The van der Waals surface area contributed by atoms with Gasteiger partial charge in [-0.2, -0.15) is 0 Å². The number of benzene rings is 9. The van der Waals surface area contributed by atoms with Crippen molar-refractivity contribution in [3.05, 3.63) is 199 Å². The van der Waals surface area contributed by atoms with Gasteiger partial charge in [0.1, 0.15) is 5.75 Å². The molecule has 0 atom stereocenters. The maximum atomic E-state index is 10.4. The van der Waals surface area contributed by atoms with Gasteiger partial charge >= 0.3 is 0 Å². The van der Waals surface area contributed by atoms with Crippen molar-refractivity contribution in [2.24, 2.45) is 0 Å². The van der Waals surface area contributed by atoms with Gasteiger partial charge in [-0.3, -0.25) is 0 Å². The molecule has 10 rings (SSSR count). The third-order valence-corrected chi connectivity index (χ3v) is 11.6. The number of aromatic hydroxyl groups is 1. The van der Waals surface area contributed by atoms with Gasteiger partial charge in [0.2, 0.25) is 0 Å². The minimum atomic E-state index is -0.0339. The highest BCUT2D eigenvalue weighted by molar-refractivity contribution is 6.21. The zero-order valence-corrected chi connectivity index (χ0v) is 30.8. The summed E-state index contributed by atoms with van der Waals surface area (Å²) < 4.78 is 0. The van der Waals surface area contributed by atoms with Crippen LogP contribution in [-0.2, 0) is 5.41 Å². The number of hydrogen-bond acceptors (Lipinski definition) is 2. The minimum absolute atomic E-state index is 0.0339. The fourth-order valence-electron chi connectivity index (χ4n) is 8.81. The molecule has 2 N–H and O–H groups in total. The lowest BCUT2D eigenvalue weighted by atomic mass is 9.81. The van der Waals surface area contributed by atoms with E-state index in [1.807, 2.05) is 18.2 Å². The zero-order chi connectivity index (χ0) is 37.1. The molecule has 0 spiro atoms. The van der Waals surface area contributed by atoms with Crippen LogP contribution in [0.1, 0.15) is 25.0 Å². The van der Waals surface area contributed by atoms with E-state index >= 15 is 0 Å². The lowest BCUT2D eigenvalue weighted by Crippen LogP contribution is -2.14. The minimum Gasteiger partial charge on any atom is -0.507 e. The molecule has 0 bridgehead atoms. The van der Waals surface area contributed by atoms with Crippen LogP contribution in [0, 0.1) is 0 Å². The molecular formula is C53H39NO. The molecule has 1 aliphatic carbocycles. The first-order valence-electron chi connectivity index (χ1n) is 19.0. The van der Waals surface area contributed by atoms with Crippen LogP contribution in [0.3, 0.4) is 0 Å². The maximum Gasteiger partial charge on any atom is 0.123 e. The molecule has 0 saturated heterocycles. The average molecular weight is 706 g/mol. The highest BCUT2D eigenvalue weighted by Crippen LogP contribution is 2.50. The Kier molecular flexibility index (Phi) is 7.67. The highest BCUT2D eigenvalue weighted by atomic mass is 16.3. The van der Waals surface area contributed by atoms with Crippen molar-refractivity contribution < 1.29 is 5.11 Å². The molecule has 2 nitrogen and oxygen atoms in total. The second kappa shape index (κ2) is 12.9. The summed E-state index contributed by atoms with van der Waals surface area (Å²) >= 11 is 0. The normalized spacial score (nSPS) is 12.8. The predicted molar refractivity (Wildman–Crippen MR) is 232 cm³/mol. The third kappa shape index (κ3) is 5.41. The largest absolute Gasteiger partial charge is 0.507 e. The SMILES string of the molecule is CC1(C)c2ccccc2-c2ccc(-c3ccc(-c4c5ccccc5c(Nc5ccccc5-c5ccc(-c6ccccc6O)cc5)c5ccccc45)cc3)cc21. The van der Waals surface area contributed by atoms with Crippen LogP contribution < -0.4 is 5.32 Å². The van der Waals surface area contributed by atoms with E-state index in [1.54, 1.807) is 6.07 Å². The van der Waals surface area contributed by atoms with Crippen LogP contribution >= 0.6 is 0 Å². The molecule has 0 radical (unpaired) electrons. The maximum absolute atomic E-state index is 10.4. The number of hydrogen-bond donors (Lipinski definition) is 2. The summed E-state index contributed by atoms with van der Waals surface area (Å²) in [4.78, 5) is 0. The van der Waals surface area contributed by atoms with Crippen molar-refractivity contribution in [3.8, 4) is 61.4 Å². The summed E-state index contributed by atoms with van der Waals surface area (Å²) in [6, 6.07) is 66.9. The van der Waals surface area contributed by atoms with E-state index in [2.05, 4.69) is 183 Å². The lowest BCUT2D eigenvalue weighted by molar-refractivity contribution is 0.477. The summed E-state index contributed by atoms with van der Waals surface area (Å²) in [5, 5.41) is 19.1. The first kappa shape index (κ1) is 32.7. The molecule has 0 fully saturated rings. The Morgan fingerprint density at radius 1 is 0.382 bits per heavy atom. The first-order chi connectivity index (χ1) is 27.0. The standard InChI is InChI=1S/C53H39NO/c1-53(2)47-20-10-7-15-41(47)42-32-31-38(33-48(42)53)34-23-29-37(30-24-34)51-43-16-3-5-18-45(43)52(46-19-6-4-17-44(46)51)54-49-21-11-8-13-39(49)35-25-27-36(28-26-35)40-14-9-12-22-50(40)55/h3-33,54-55H,1-2H3. The molecule has 9 aromatic carbocycles. The van der Waals surface area contributed by atoms with Gasteiger partial charge in [0.15, 0.2) is 0 Å². The molecule has 0 amide bonds. The van der Waals surface area contributed by atoms with Crippen molar-refractivity contribution in [2.75, 3.05) is 5.32 Å². The van der Waals surface area contributed by atoms with Gasteiger partial charge in [-0.1, -0.05) is 184 Å². The number of fused-ring (bicyclic) bond motifs is 5. The average Bonchev–Trinajstić information content (AvgIpc) is 3.46. The molecule has 55 heavy (non-hydrogen) atoms. The smallest absolute Gasteiger partial charge is 0.123 e. The molecule has 2 heteroatoms. The molecule has 0 unspecified atom stereocenters. The third-order valence-electron chi connectivity index (χ3n) is 11.6. The Balaban J connectivity index is 1.04. The Hall–Kier alpha value is -6.90. The van der Waals surface area contributed by atoms with Gasteiger partial charge in [-0.25, -0.2) is 0 Å². The van der Waals surface area contributed by atoms with Crippen LogP contribution in [-0.4, -0.2) is 5.11 Å². The summed E-state index contributed by atoms with van der Waals surface area (Å²) in [5.74, 6) is 0.283. The van der Waals surface area contributed by atoms with E-state index in [0.29, 0.717) is 0 Å². The quantitative estimate of drug-likeness (QED) is 0.169. The number of nitrogens with one attached hydrogen (secondary N) is 1. The number of rotatable bonds is 6. The summed E-state index contributed by atoms with van der Waals surface area (Å²) in [5.41, 5.74) is 16.5. The molecule has 262 valence electrons. The van der Waals surface area contributed by atoms with Gasteiger partial charge < -0.3 is 10.4 Å². The molecular weight excluding hydrogens is 667 g/mol. The lowest BCUT2D eigenvalue weighted by Gasteiger charge is -2.22. The highest BCUT2D eigenvalue weighted by Gasteiger charge is 2.35. The van der Waals surface area contributed by atoms with Gasteiger partial charge in [0, 0.05) is 33.0 Å². The summed E-state index contributed by atoms with van der Waals surface area (Å²) in [6.45, 7) is 4.68. The van der Waals surface area contributed by atoms with E-state index in [9.17, 15) is 5.11 Å². The fraction of sp³-hybridized carbons (Fsp3) is 0.0566. The van der Waals surface area contributed by atoms with E-state index in [-0.39, 0.29) is 11.2 Å². The Labute approximate surface area is 322 Å². The molecule has 0 aliphatic heterocycles. The van der Waals surface area contributed by atoms with Gasteiger partial charge in [-0.05, 0) is 84.6 Å². The van der Waals surface area contributed by atoms with Crippen molar-refractivity contribution in [1.82, 2.24) is 0 Å². The molecule has 1 aliphatic rings. The topological polar surface area (TPSA) is 32.3 Å². The van der Waals surface area contributed by atoms with E-state index in [4.69, 9.17) is 0 Å². The molecule has 0 saturated carbocycles. The van der Waals surface area contributed by atoms with Crippen LogP contribution in [0.2, 0.25) is 0 Å². The second-order valence-corrected chi connectivity index (χ2v) is 15.1. The van der Waals surface area contributed by atoms with Crippen LogP contribution in [0.15, 0.2) is 188 Å². The van der Waals surface area contributed by atoms with Crippen LogP contribution in [0.25, 0.3) is 77.2 Å². The van der Waals surface area contributed by atoms with Gasteiger partial charge in [0.05, 0.1) is 5.69 Å². The molecule has 0 aromatic heterocycles. The number of anilines is 2. The van der Waals surface area contributed by atoms with E-state index in [0.717, 1.165) is 33.6 Å². The molecule has 9 aromatic rings. The Bertz CT molecular complexity index is 2860. The summed E-state index contributed by atoms with van der Waals surface area (Å²) in [6.07, 6.45) is 0. The van der Waals surface area contributed by atoms with Gasteiger partial charge in [-0.15, -0.1) is 0 Å². The van der Waals surface area contributed by atoms with Crippen LogP contribution in [0.5, 0.6) is 5.75 Å². The molecule has 0 heterocycles. The number of phenols is 1. The van der Waals surface area contributed by atoms with Crippen molar-refractivity contribution in [2.45, 2.75) is 19.3 Å². The second-order valence-electron chi connectivity index (χ2n) is 15.1. The first-order valence-corrected chi connectivity index (χ1v) is 19.0. The van der Waals surface area contributed by atoms with Crippen LogP contribution in [0.4, 0.5) is 11.4 Å². The summed E-state index contributed by atoms with van der Waals surface area (Å²) in [7, 11) is 0. The Morgan fingerprint density at radius 3 is 1.53 bits per heavy atom. The number of para-hydroxylation sites is 2. The predicted octanol–water partition coefficient (Wildman–Crippen LogP) is 14.4. The monoisotopic (exact) mass is 705 g/mol. The van der Waals surface area contributed by atoms with E-state index in [1.165, 1.54) is 66.1 Å². The van der Waals surface area contributed by atoms with Crippen molar-refractivity contribution >= 4 is 32.9 Å². The van der Waals surface area contributed by atoms with Gasteiger partial charge in [0.25, 0.3) is 0 Å². The van der Waals surface area contributed by atoms with Crippen molar-refractivity contribution in [3.63, 3.8) is 0 Å². The van der Waals surface area contributed by atoms with E-state index < -0.39 is 0 Å². The Morgan fingerprint density at radius 2 is 0.855 bits per heavy atom. The number of phenolic OH excluding ortho intramolecular Hbond substituents is 1. The van der Waals surface area contributed by atoms with Crippen molar-refractivity contribution in [1.29, 1.82) is 0 Å². The fourth-order valence-corrected chi connectivity index (χ4v) is 8.81.